The number of benzene rings is 1. The Balaban J connectivity index is 1.50. The van der Waals surface area contributed by atoms with Crippen molar-refractivity contribution in [2.24, 2.45) is 17.1 Å². The summed E-state index contributed by atoms with van der Waals surface area (Å²) in [6.45, 7) is 1.05. The van der Waals surface area contributed by atoms with Crippen molar-refractivity contribution in [2.45, 2.75) is 25.3 Å². The molecule has 2 fully saturated rings. The number of nitrogens with zero attached hydrogens (tertiary/aromatic N) is 1. The number of nitrogens with one attached hydrogen (secondary N) is 1. The molecule has 3 N–H and O–H groups in total. The summed E-state index contributed by atoms with van der Waals surface area (Å²) in [6.07, 6.45) is 3.69. The molecule has 0 spiro atoms. The highest BCUT2D eigenvalue weighted by molar-refractivity contribution is 6.07. The van der Waals surface area contributed by atoms with Crippen molar-refractivity contribution in [3.05, 3.63) is 42.1 Å². The van der Waals surface area contributed by atoms with Gasteiger partial charge >= 0.3 is 0 Å². The highest BCUT2D eigenvalue weighted by Crippen LogP contribution is 2.45. The molecule has 1 saturated heterocycles. The van der Waals surface area contributed by atoms with Crippen LogP contribution in [0.25, 0.3) is 10.9 Å². The second-order valence-corrected chi connectivity index (χ2v) is 7.02. The predicted octanol–water partition coefficient (Wildman–Crippen LogP) is 1.17. The van der Waals surface area contributed by atoms with Crippen molar-refractivity contribution < 1.29 is 14.3 Å². The van der Waals surface area contributed by atoms with Crippen molar-refractivity contribution >= 4 is 22.7 Å². The number of ether oxygens (including phenoxy) is 1. The summed E-state index contributed by atoms with van der Waals surface area (Å²) in [6, 6.07) is 9.95. The average molecular weight is 339 g/mol. The summed E-state index contributed by atoms with van der Waals surface area (Å²) in [5.41, 5.74) is 6.56. The van der Waals surface area contributed by atoms with Crippen LogP contribution in [0.2, 0.25) is 0 Å². The Morgan fingerprint density at radius 2 is 2.04 bits per heavy atom. The second-order valence-electron chi connectivity index (χ2n) is 7.02. The number of fused-ring (bicyclic) bond motifs is 1. The maximum absolute atomic E-state index is 12.5. The van der Waals surface area contributed by atoms with E-state index in [-0.39, 0.29) is 17.9 Å². The molecule has 0 radical (unpaired) electrons. The van der Waals surface area contributed by atoms with E-state index in [1.165, 1.54) is 5.56 Å². The third-order valence-electron chi connectivity index (χ3n) is 5.39. The SMILES string of the molecule is NC(=O)C1(C(=O)N[C@H]2COC[C@H]2Cc2ccnc3ccccc23)CC1. The first kappa shape index (κ1) is 16.0. The maximum atomic E-state index is 12.5. The summed E-state index contributed by atoms with van der Waals surface area (Å²) in [4.78, 5) is 28.4. The average Bonchev–Trinajstić information content (AvgIpc) is 3.33. The fourth-order valence-electron chi connectivity index (χ4n) is 3.59. The first-order valence-corrected chi connectivity index (χ1v) is 8.61. The lowest BCUT2D eigenvalue weighted by Crippen LogP contribution is -2.47. The molecule has 2 atom stereocenters. The molecule has 1 aliphatic heterocycles. The van der Waals surface area contributed by atoms with Crippen molar-refractivity contribution in [1.82, 2.24) is 10.3 Å². The first-order valence-electron chi connectivity index (χ1n) is 8.61. The third-order valence-corrected chi connectivity index (χ3v) is 5.39. The summed E-state index contributed by atoms with van der Waals surface area (Å²) < 4.78 is 5.60. The van der Waals surface area contributed by atoms with Gasteiger partial charge in [-0.05, 0) is 37.0 Å². The van der Waals surface area contributed by atoms with E-state index in [1.54, 1.807) is 0 Å². The van der Waals surface area contributed by atoms with E-state index in [4.69, 9.17) is 10.5 Å². The highest BCUT2D eigenvalue weighted by Gasteiger charge is 2.56. The third kappa shape index (κ3) is 2.87. The number of hydrogen-bond acceptors (Lipinski definition) is 4. The van der Waals surface area contributed by atoms with Gasteiger partial charge in [0.05, 0.1) is 24.8 Å². The van der Waals surface area contributed by atoms with E-state index in [2.05, 4.69) is 16.4 Å². The number of nitrogens with two attached hydrogens (primary N) is 1. The second kappa shape index (κ2) is 6.11. The molecule has 0 unspecified atom stereocenters. The number of pyridine rings is 1. The zero-order valence-electron chi connectivity index (χ0n) is 13.9. The van der Waals surface area contributed by atoms with Crippen LogP contribution in [-0.2, 0) is 20.7 Å². The Morgan fingerprint density at radius 3 is 2.80 bits per heavy atom. The van der Waals surface area contributed by atoms with Gasteiger partial charge in [0.15, 0.2) is 0 Å². The number of hydrogen-bond donors (Lipinski definition) is 2. The molecular formula is C19H21N3O3. The van der Waals surface area contributed by atoms with Crippen LogP contribution in [0.5, 0.6) is 0 Å². The number of carbonyl (C=O) groups excluding carboxylic acids is 2. The van der Waals surface area contributed by atoms with Gasteiger partial charge in [0, 0.05) is 17.5 Å². The van der Waals surface area contributed by atoms with E-state index in [9.17, 15) is 9.59 Å². The molecule has 2 heterocycles. The summed E-state index contributed by atoms with van der Waals surface area (Å²) >= 11 is 0. The van der Waals surface area contributed by atoms with Gasteiger partial charge in [-0.1, -0.05) is 18.2 Å². The summed E-state index contributed by atoms with van der Waals surface area (Å²) in [5.74, 6) is -0.612. The van der Waals surface area contributed by atoms with Gasteiger partial charge in [0.2, 0.25) is 11.8 Å². The maximum Gasteiger partial charge on any atom is 0.235 e. The van der Waals surface area contributed by atoms with Crippen LogP contribution in [0.15, 0.2) is 36.5 Å². The summed E-state index contributed by atoms with van der Waals surface area (Å²) in [7, 11) is 0. The lowest BCUT2D eigenvalue weighted by molar-refractivity contribution is -0.136. The molecule has 1 aromatic carbocycles. The van der Waals surface area contributed by atoms with Crippen molar-refractivity contribution in [3.8, 4) is 0 Å². The minimum atomic E-state index is -0.990. The van der Waals surface area contributed by atoms with Crippen LogP contribution in [0.1, 0.15) is 18.4 Å². The van der Waals surface area contributed by atoms with E-state index in [0.717, 1.165) is 17.3 Å². The zero-order chi connectivity index (χ0) is 17.4. The molecule has 2 aromatic rings. The minimum Gasteiger partial charge on any atom is -0.379 e. The van der Waals surface area contributed by atoms with E-state index in [1.807, 2.05) is 30.5 Å². The number of primary amides is 1. The Hall–Kier alpha value is -2.47. The Bertz CT molecular complexity index is 826. The zero-order valence-corrected chi connectivity index (χ0v) is 13.9. The molecular weight excluding hydrogens is 318 g/mol. The van der Waals surface area contributed by atoms with Gasteiger partial charge in [0.1, 0.15) is 5.41 Å². The number of amides is 2. The fourth-order valence-corrected chi connectivity index (χ4v) is 3.59. The Kier molecular flexibility index (Phi) is 3.92. The van der Waals surface area contributed by atoms with Crippen molar-refractivity contribution in [2.75, 3.05) is 13.2 Å². The van der Waals surface area contributed by atoms with Crippen LogP contribution in [0.4, 0.5) is 0 Å². The van der Waals surface area contributed by atoms with E-state index >= 15 is 0 Å². The molecule has 25 heavy (non-hydrogen) atoms. The van der Waals surface area contributed by atoms with Crippen molar-refractivity contribution in [1.29, 1.82) is 0 Å². The minimum absolute atomic E-state index is 0.101. The molecule has 130 valence electrons. The molecule has 6 nitrogen and oxygen atoms in total. The number of carbonyl (C=O) groups is 2. The van der Waals surface area contributed by atoms with Gasteiger partial charge in [-0.3, -0.25) is 14.6 Å². The monoisotopic (exact) mass is 339 g/mol. The van der Waals surface area contributed by atoms with Gasteiger partial charge in [-0.25, -0.2) is 0 Å². The van der Waals surface area contributed by atoms with Crippen LogP contribution in [-0.4, -0.2) is 36.1 Å². The lowest BCUT2D eigenvalue weighted by Gasteiger charge is -2.22. The van der Waals surface area contributed by atoms with Crippen LogP contribution in [0, 0.1) is 11.3 Å². The number of rotatable bonds is 5. The lowest BCUT2D eigenvalue weighted by atomic mass is 9.92. The Morgan fingerprint density at radius 1 is 1.24 bits per heavy atom. The molecule has 2 aliphatic rings. The van der Waals surface area contributed by atoms with Crippen molar-refractivity contribution in [3.63, 3.8) is 0 Å². The smallest absolute Gasteiger partial charge is 0.235 e. The number of para-hydroxylation sites is 1. The summed E-state index contributed by atoms with van der Waals surface area (Å²) in [5, 5.41) is 4.12. The van der Waals surface area contributed by atoms with Gasteiger partial charge < -0.3 is 15.8 Å². The highest BCUT2D eigenvalue weighted by atomic mass is 16.5. The molecule has 0 bridgehead atoms. The standard InChI is InChI=1S/C19H21N3O3/c20-17(23)19(6-7-19)18(24)22-16-11-25-10-13(16)9-12-5-8-21-15-4-2-1-3-14(12)15/h1-5,8,13,16H,6-7,9-11H2,(H2,20,23)(H,22,24)/t13-,16+/m1/s1. The van der Waals surface area contributed by atoms with Crippen LogP contribution in [0.3, 0.4) is 0 Å². The predicted molar refractivity (Wildman–Crippen MR) is 92.5 cm³/mol. The quantitative estimate of drug-likeness (QED) is 0.800. The van der Waals surface area contributed by atoms with Crippen LogP contribution >= 0.6 is 0 Å². The van der Waals surface area contributed by atoms with Gasteiger partial charge in [-0.15, -0.1) is 0 Å². The largest absolute Gasteiger partial charge is 0.379 e. The Labute approximate surface area is 145 Å². The first-order chi connectivity index (χ1) is 12.1. The normalized spacial score (nSPS) is 24.2. The molecule has 2 amide bonds. The number of aromatic nitrogens is 1. The molecule has 1 aliphatic carbocycles. The van der Waals surface area contributed by atoms with Gasteiger partial charge in [0.25, 0.3) is 0 Å². The topological polar surface area (TPSA) is 94.3 Å². The fraction of sp³-hybridized carbons (Fsp3) is 0.421. The van der Waals surface area contributed by atoms with Gasteiger partial charge in [-0.2, -0.15) is 0 Å². The van der Waals surface area contributed by atoms with Crippen LogP contribution < -0.4 is 11.1 Å². The van der Waals surface area contributed by atoms with E-state index < -0.39 is 11.3 Å². The molecule has 1 saturated carbocycles. The molecule has 4 rings (SSSR count). The molecule has 1 aromatic heterocycles. The van der Waals surface area contributed by atoms with E-state index in [0.29, 0.717) is 26.1 Å². The molecule has 6 heteroatoms.